The number of rotatable bonds is 12. The number of hydrogen-bond donors (Lipinski definition) is 2. The van der Waals surface area contributed by atoms with Gasteiger partial charge in [-0.3, -0.25) is 4.79 Å². The van der Waals surface area contributed by atoms with E-state index in [1.54, 1.807) is 32.2 Å². The van der Waals surface area contributed by atoms with Crippen molar-refractivity contribution in [3.8, 4) is 16.9 Å². The monoisotopic (exact) mass is 594 g/mol. The molecule has 42 heavy (non-hydrogen) atoms. The fourth-order valence-corrected chi connectivity index (χ4v) is 7.32. The molecule has 1 fully saturated rings. The molecular formula is C32H38N2O7S. The minimum Gasteiger partial charge on any atom is -0.496 e. The first-order valence-corrected chi connectivity index (χ1v) is 15.4. The molecule has 0 aromatic heterocycles. The van der Waals surface area contributed by atoms with Gasteiger partial charge in [0.2, 0.25) is 15.9 Å². The summed E-state index contributed by atoms with van der Waals surface area (Å²) in [5, 5.41) is 12.6. The zero-order valence-corrected chi connectivity index (χ0v) is 25.2. The molecule has 4 rings (SSSR count). The summed E-state index contributed by atoms with van der Waals surface area (Å²) in [6.07, 6.45) is 0.813. The Labute approximate surface area is 247 Å². The van der Waals surface area contributed by atoms with E-state index in [-0.39, 0.29) is 24.3 Å². The molecule has 9 nitrogen and oxygen atoms in total. The van der Waals surface area contributed by atoms with Crippen molar-refractivity contribution < 1.29 is 32.6 Å². The molecule has 1 aliphatic heterocycles. The number of aryl methyl sites for hydroxylation is 1. The number of carbonyl (C=O) groups excluding carboxylic acids is 1. The van der Waals surface area contributed by atoms with Crippen LogP contribution in [-0.4, -0.2) is 61.5 Å². The Morgan fingerprint density at radius 2 is 1.76 bits per heavy atom. The maximum atomic E-state index is 13.5. The van der Waals surface area contributed by atoms with Gasteiger partial charge < -0.3 is 19.9 Å². The number of nitrogens with zero attached hydrogens (tertiary/aromatic N) is 1. The summed E-state index contributed by atoms with van der Waals surface area (Å²) >= 11 is 0. The lowest BCUT2D eigenvalue weighted by molar-refractivity contribution is -0.143. The number of carboxylic acids is 1. The molecular weight excluding hydrogens is 556 g/mol. The van der Waals surface area contributed by atoms with Crippen LogP contribution in [0.4, 0.5) is 0 Å². The second-order valence-electron chi connectivity index (χ2n) is 10.7. The molecule has 0 unspecified atom stereocenters. The number of ether oxygens (including phenoxy) is 2. The highest BCUT2D eigenvalue weighted by Crippen LogP contribution is 2.36. The number of sulfonamides is 1. The molecule has 0 radical (unpaired) electrons. The van der Waals surface area contributed by atoms with Gasteiger partial charge in [-0.15, -0.1) is 0 Å². The van der Waals surface area contributed by atoms with Crippen LogP contribution in [0.3, 0.4) is 0 Å². The highest BCUT2D eigenvalue weighted by Gasteiger charge is 2.50. The van der Waals surface area contributed by atoms with E-state index in [9.17, 15) is 23.1 Å². The first-order valence-electron chi connectivity index (χ1n) is 14.0. The van der Waals surface area contributed by atoms with E-state index < -0.39 is 33.5 Å². The molecule has 10 heteroatoms. The van der Waals surface area contributed by atoms with Crippen LogP contribution in [0.15, 0.2) is 71.6 Å². The van der Waals surface area contributed by atoms with Crippen molar-refractivity contribution >= 4 is 21.9 Å². The average molecular weight is 595 g/mol. The van der Waals surface area contributed by atoms with Crippen LogP contribution in [-0.2, 0) is 37.4 Å². The predicted molar refractivity (Wildman–Crippen MR) is 160 cm³/mol. The first kappa shape index (κ1) is 31.2. The Hall–Kier alpha value is -3.73. The molecule has 2 N–H and O–H groups in total. The van der Waals surface area contributed by atoms with Gasteiger partial charge in [0.15, 0.2) is 0 Å². The third kappa shape index (κ3) is 6.51. The largest absolute Gasteiger partial charge is 0.496 e. The van der Waals surface area contributed by atoms with E-state index in [1.807, 2.05) is 44.2 Å². The van der Waals surface area contributed by atoms with Gasteiger partial charge in [-0.1, -0.05) is 48.5 Å². The van der Waals surface area contributed by atoms with Crippen molar-refractivity contribution in [3.63, 3.8) is 0 Å². The molecule has 3 aromatic carbocycles. The quantitative estimate of drug-likeness (QED) is 0.315. The third-order valence-electron chi connectivity index (χ3n) is 7.73. The van der Waals surface area contributed by atoms with E-state index in [0.717, 1.165) is 22.3 Å². The summed E-state index contributed by atoms with van der Waals surface area (Å²) in [5.41, 5.74) is 3.18. The number of amides is 1. The van der Waals surface area contributed by atoms with Gasteiger partial charge >= 0.3 is 5.97 Å². The van der Waals surface area contributed by atoms with Crippen molar-refractivity contribution in [2.45, 2.75) is 63.1 Å². The van der Waals surface area contributed by atoms with Crippen molar-refractivity contribution in [3.05, 3.63) is 83.4 Å². The number of carbonyl (C=O) groups is 2. The minimum atomic E-state index is -3.95. The molecule has 0 spiro atoms. The van der Waals surface area contributed by atoms with Gasteiger partial charge in [0.1, 0.15) is 17.3 Å². The number of aliphatic carboxylic acids is 1. The molecule has 1 saturated heterocycles. The van der Waals surface area contributed by atoms with Crippen LogP contribution in [0.25, 0.3) is 11.1 Å². The summed E-state index contributed by atoms with van der Waals surface area (Å²) in [5.74, 6) is -1.11. The Morgan fingerprint density at radius 1 is 1.07 bits per heavy atom. The number of benzene rings is 3. The second kappa shape index (κ2) is 13.1. The topological polar surface area (TPSA) is 122 Å². The van der Waals surface area contributed by atoms with Crippen LogP contribution in [0.1, 0.15) is 43.4 Å². The Morgan fingerprint density at radius 3 is 2.38 bits per heavy atom. The highest BCUT2D eigenvalue weighted by atomic mass is 32.2. The molecule has 0 bridgehead atoms. The Kier molecular flexibility index (Phi) is 9.71. The smallest absolute Gasteiger partial charge is 0.326 e. The van der Waals surface area contributed by atoms with Gasteiger partial charge in [0, 0.05) is 25.1 Å². The van der Waals surface area contributed by atoms with E-state index in [1.165, 1.54) is 16.4 Å². The molecule has 0 saturated carbocycles. The van der Waals surface area contributed by atoms with Crippen molar-refractivity contribution in [2.75, 3.05) is 20.3 Å². The van der Waals surface area contributed by atoms with Crippen LogP contribution in [0.2, 0.25) is 0 Å². The SMILES string of the molecule is CCOCc1cc(C)c(-c2ccc(C[C@H](NC(=O)[C@]3(C)CCCN3S(=O)(=O)c3ccccc3)C(=O)O)cc2)c(OC)c1. The van der Waals surface area contributed by atoms with E-state index in [0.29, 0.717) is 30.9 Å². The molecule has 0 aliphatic carbocycles. The lowest BCUT2D eigenvalue weighted by atomic mass is 9.95. The standard InChI is InChI=1S/C32H38N2O7S/c1-5-41-21-24-18-22(2)29(28(20-24)40-4)25-14-12-23(13-15-25)19-27(30(35)36)33-31(37)32(3)16-9-17-34(32)42(38,39)26-10-7-6-8-11-26/h6-8,10-15,18,20,27H,5,9,16-17,19,21H2,1-4H3,(H,33,37)(H,35,36)/t27-,32-/m0/s1. The fraction of sp³-hybridized carbons (Fsp3) is 0.375. The lowest BCUT2D eigenvalue weighted by Gasteiger charge is -2.34. The van der Waals surface area contributed by atoms with Gasteiger partial charge in [-0.05, 0) is 74.1 Å². The zero-order valence-electron chi connectivity index (χ0n) is 24.4. The molecule has 1 amide bonds. The van der Waals surface area contributed by atoms with Crippen LogP contribution in [0, 0.1) is 6.92 Å². The molecule has 1 heterocycles. The third-order valence-corrected chi connectivity index (χ3v) is 9.77. The van der Waals surface area contributed by atoms with E-state index in [2.05, 4.69) is 11.4 Å². The molecule has 2 atom stereocenters. The first-order chi connectivity index (χ1) is 20.0. The second-order valence-corrected chi connectivity index (χ2v) is 12.5. The zero-order chi connectivity index (χ0) is 30.5. The van der Waals surface area contributed by atoms with Gasteiger partial charge in [0.25, 0.3) is 0 Å². The van der Waals surface area contributed by atoms with Crippen molar-refractivity contribution in [1.29, 1.82) is 0 Å². The summed E-state index contributed by atoms with van der Waals surface area (Å²) < 4.78 is 39.1. The number of carboxylic acid groups (broad SMARTS) is 1. The lowest BCUT2D eigenvalue weighted by Crippen LogP contribution is -2.58. The minimum absolute atomic E-state index is 0.0340. The van der Waals surface area contributed by atoms with Crippen LogP contribution < -0.4 is 10.1 Å². The molecule has 224 valence electrons. The number of methoxy groups -OCH3 is 1. The molecule has 1 aliphatic rings. The normalized spacial score (nSPS) is 18.0. The van der Waals surface area contributed by atoms with Crippen molar-refractivity contribution in [2.24, 2.45) is 0 Å². The summed E-state index contributed by atoms with van der Waals surface area (Å²) in [4.78, 5) is 25.8. The Balaban J connectivity index is 1.52. The summed E-state index contributed by atoms with van der Waals surface area (Å²) in [7, 11) is -2.33. The predicted octanol–water partition coefficient (Wildman–Crippen LogP) is 4.56. The summed E-state index contributed by atoms with van der Waals surface area (Å²) in [6.45, 7) is 6.79. The van der Waals surface area contributed by atoms with E-state index >= 15 is 0 Å². The molecule has 3 aromatic rings. The fourth-order valence-electron chi connectivity index (χ4n) is 5.49. The van der Waals surface area contributed by atoms with Crippen LogP contribution >= 0.6 is 0 Å². The highest BCUT2D eigenvalue weighted by molar-refractivity contribution is 7.89. The van der Waals surface area contributed by atoms with E-state index in [4.69, 9.17) is 9.47 Å². The number of nitrogens with one attached hydrogen (secondary N) is 1. The summed E-state index contributed by atoms with van der Waals surface area (Å²) in [6, 6.07) is 18.2. The van der Waals surface area contributed by atoms with Gasteiger partial charge in [0.05, 0.1) is 18.6 Å². The van der Waals surface area contributed by atoms with Crippen LogP contribution in [0.5, 0.6) is 5.75 Å². The maximum Gasteiger partial charge on any atom is 0.326 e. The van der Waals surface area contributed by atoms with Gasteiger partial charge in [-0.25, -0.2) is 13.2 Å². The van der Waals surface area contributed by atoms with Gasteiger partial charge in [-0.2, -0.15) is 4.31 Å². The number of hydrogen-bond acceptors (Lipinski definition) is 6. The average Bonchev–Trinajstić information content (AvgIpc) is 3.40. The Bertz CT molecular complexity index is 1520. The van der Waals surface area contributed by atoms with Crippen molar-refractivity contribution in [1.82, 2.24) is 9.62 Å². The maximum absolute atomic E-state index is 13.5.